The highest BCUT2D eigenvalue weighted by molar-refractivity contribution is 4.74. The third-order valence-corrected chi connectivity index (χ3v) is 6.80. The minimum atomic E-state index is 0.799. The van der Waals surface area contributed by atoms with Crippen LogP contribution in [0.25, 0.3) is 0 Å². The van der Waals surface area contributed by atoms with Crippen LogP contribution in [0.3, 0.4) is 0 Å². The van der Waals surface area contributed by atoms with Crippen LogP contribution in [0.15, 0.2) is 0 Å². The first-order valence-corrected chi connectivity index (χ1v) is 9.23. The third-order valence-electron chi connectivity index (χ3n) is 6.80. The van der Waals surface area contributed by atoms with Gasteiger partial charge in [-0.3, -0.25) is 0 Å². The first-order valence-electron chi connectivity index (χ1n) is 9.23. The van der Waals surface area contributed by atoms with Crippen molar-refractivity contribution in [3.8, 4) is 0 Å². The number of quaternary nitrogens is 1. The van der Waals surface area contributed by atoms with Crippen LogP contribution >= 0.6 is 0 Å². The van der Waals surface area contributed by atoms with E-state index < -0.39 is 0 Å². The lowest BCUT2D eigenvalue weighted by Crippen LogP contribution is -2.64. The van der Waals surface area contributed by atoms with Gasteiger partial charge in [0, 0.05) is 11.8 Å². The van der Waals surface area contributed by atoms with Gasteiger partial charge in [0.1, 0.15) is 0 Å². The smallest absolute Gasteiger partial charge is 0.0892 e. The van der Waals surface area contributed by atoms with Crippen molar-refractivity contribution in [2.75, 3.05) is 13.1 Å². The Hall–Kier alpha value is -0.0400. The molecule has 120 valence electrons. The van der Waals surface area contributed by atoms with Crippen LogP contribution in [0.5, 0.6) is 0 Å². The van der Waals surface area contributed by atoms with Gasteiger partial charge in [-0.1, -0.05) is 34.6 Å². The van der Waals surface area contributed by atoms with Gasteiger partial charge in [0.05, 0.1) is 25.2 Å². The average Bonchev–Trinajstić information content (AvgIpc) is 2.70. The van der Waals surface area contributed by atoms with Crippen LogP contribution in [-0.2, 0) is 0 Å². The molecule has 4 atom stereocenters. The van der Waals surface area contributed by atoms with Crippen LogP contribution < -0.4 is 0 Å². The fraction of sp³-hybridized carbons (Fsp3) is 1.00. The first-order chi connectivity index (χ1) is 9.36. The second kappa shape index (κ2) is 7.82. The van der Waals surface area contributed by atoms with Gasteiger partial charge in [-0.25, -0.2) is 0 Å². The Bertz CT molecular complexity index is 263. The topological polar surface area (TPSA) is 0 Å². The third kappa shape index (κ3) is 3.78. The summed E-state index contributed by atoms with van der Waals surface area (Å²) < 4.78 is 1.40. The van der Waals surface area contributed by atoms with Crippen LogP contribution in [0, 0.1) is 17.8 Å². The summed E-state index contributed by atoms with van der Waals surface area (Å²) in [6, 6.07) is 1.62. The maximum Gasteiger partial charge on any atom is 0.0892 e. The average molecular weight is 283 g/mol. The summed E-state index contributed by atoms with van der Waals surface area (Å²) in [6.45, 7) is 20.1. The normalized spacial score (nSPS) is 25.8. The fourth-order valence-corrected chi connectivity index (χ4v) is 4.34. The van der Waals surface area contributed by atoms with E-state index in [1.807, 2.05) is 0 Å². The molecule has 0 amide bonds. The summed E-state index contributed by atoms with van der Waals surface area (Å²) in [6.07, 6.45) is 7.11. The molecule has 1 aliphatic heterocycles. The summed E-state index contributed by atoms with van der Waals surface area (Å²) in [5.41, 5.74) is 0. The molecule has 1 nitrogen and oxygen atoms in total. The Morgan fingerprint density at radius 1 is 0.750 bits per heavy atom. The van der Waals surface area contributed by atoms with E-state index >= 15 is 0 Å². The monoisotopic (exact) mass is 282 g/mol. The minimum absolute atomic E-state index is 0.799. The van der Waals surface area contributed by atoms with Crippen molar-refractivity contribution < 1.29 is 4.48 Å². The lowest BCUT2D eigenvalue weighted by atomic mass is 9.85. The van der Waals surface area contributed by atoms with E-state index in [1.165, 1.54) is 49.7 Å². The maximum atomic E-state index is 2.55. The number of nitrogens with zero attached hydrogens (tertiary/aromatic N) is 1. The van der Waals surface area contributed by atoms with Gasteiger partial charge < -0.3 is 4.48 Å². The molecular weight excluding hydrogens is 242 g/mol. The van der Waals surface area contributed by atoms with Gasteiger partial charge >= 0.3 is 0 Å². The van der Waals surface area contributed by atoms with Crippen molar-refractivity contribution >= 4 is 0 Å². The van der Waals surface area contributed by atoms with E-state index in [2.05, 4.69) is 48.5 Å². The highest BCUT2D eigenvalue weighted by atomic mass is 15.4. The van der Waals surface area contributed by atoms with Crippen molar-refractivity contribution in [1.29, 1.82) is 0 Å². The summed E-state index contributed by atoms with van der Waals surface area (Å²) in [5.74, 6) is 2.46. The first kappa shape index (κ1) is 18.0. The molecule has 0 aromatic rings. The fourth-order valence-electron chi connectivity index (χ4n) is 4.34. The molecule has 1 rings (SSSR count). The quantitative estimate of drug-likeness (QED) is 0.565. The van der Waals surface area contributed by atoms with Gasteiger partial charge in [0.2, 0.25) is 0 Å². The number of hydrogen-bond donors (Lipinski definition) is 0. The molecule has 1 aliphatic rings. The molecule has 0 aromatic carbocycles. The molecule has 0 aromatic heterocycles. The van der Waals surface area contributed by atoms with Gasteiger partial charge in [-0.05, 0) is 51.9 Å². The largest absolute Gasteiger partial charge is 0.319 e. The van der Waals surface area contributed by atoms with Crippen molar-refractivity contribution in [3.05, 3.63) is 0 Å². The standard InChI is InChI=1S/C19H40N/c1-8-16(4)18(6)20(13-11-9-10-12-14-20)19(7)17(5)15(2)3/h15-19H,8-14H2,1-7H3/q+1. The molecule has 0 bridgehead atoms. The van der Waals surface area contributed by atoms with Gasteiger partial charge in [0.15, 0.2) is 0 Å². The second-order valence-corrected chi connectivity index (χ2v) is 7.93. The lowest BCUT2D eigenvalue weighted by Gasteiger charge is -2.52. The van der Waals surface area contributed by atoms with E-state index in [0.29, 0.717) is 0 Å². The van der Waals surface area contributed by atoms with E-state index in [9.17, 15) is 0 Å². The zero-order chi connectivity index (χ0) is 15.3. The van der Waals surface area contributed by atoms with Crippen LogP contribution in [-0.4, -0.2) is 29.7 Å². The summed E-state index contributed by atoms with van der Waals surface area (Å²) >= 11 is 0. The van der Waals surface area contributed by atoms with E-state index in [0.717, 1.165) is 29.8 Å². The molecular formula is C19H40N+. The van der Waals surface area contributed by atoms with Crippen LogP contribution in [0.4, 0.5) is 0 Å². The van der Waals surface area contributed by atoms with Gasteiger partial charge in [-0.15, -0.1) is 0 Å². The molecule has 1 heterocycles. The Morgan fingerprint density at radius 2 is 1.25 bits per heavy atom. The summed E-state index contributed by atoms with van der Waals surface area (Å²) in [5, 5.41) is 0. The van der Waals surface area contributed by atoms with Crippen molar-refractivity contribution in [1.82, 2.24) is 0 Å². The number of likely N-dealkylation sites (tertiary alicyclic amines) is 1. The minimum Gasteiger partial charge on any atom is -0.319 e. The highest BCUT2D eigenvalue weighted by Crippen LogP contribution is 2.35. The Morgan fingerprint density at radius 3 is 1.65 bits per heavy atom. The van der Waals surface area contributed by atoms with Gasteiger partial charge in [-0.2, -0.15) is 0 Å². The molecule has 1 fully saturated rings. The lowest BCUT2D eigenvalue weighted by molar-refractivity contribution is -0.976. The highest BCUT2D eigenvalue weighted by Gasteiger charge is 2.43. The Balaban J connectivity index is 3.04. The summed E-state index contributed by atoms with van der Waals surface area (Å²) in [4.78, 5) is 0. The van der Waals surface area contributed by atoms with E-state index in [4.69, 9.17) is 0 Å². The zero-order valence-electron chi connectivity index (χ0n) is 15.3. The predicted octanol–water partition coefficient (Wildman–Crippen LogP) is 5.49. The molecule has 0 spiro atoms. The zero-order valence-corrected chi connectivity index (χ0v) is 15.3. The van der Waals surface area contributed by atoms with Crippen molar-refractivity contribution in [2.24, 2.45) is 17.8 Å². The molecule has 1 saturated heterocycles. The van der Waals surface area contributed by atoms with Crippen LogP contribution in [0.1, 0.15) is 80.6 Å². The number of hydrogen-bond acceptors (Lipinski definition) is 0. The maximum absolute atomic E-state index is 2.55. The van der Waals surface area contributed by atoms with Crippen molar-refractivity contribution in [2.45, 2.75) is 92.7 Å². The molecule has 4 unspecified atom stereocenters. The molecule has 0 saturated carbocycles. The van der Waals surface area contributed by atoms with Crippen LogP contribution in [0.2, 0.25) is 0 Å². The molecule has 20 heavy (non-hydrogen) atoms. The Labute approximate surface area is 128 Å². The summed E-state index contributed by atoms with van der Waals surface area (Å²) in [7, 11) is 0. The van der Waals surface area contributed by atoms with E-state index in [-0.39, 0.29) is 0 Å². The molecule has 0 N–H and O–H groups in total. The molecule has 0 aliphatic carbocycles. The molecule has 0 radical (unpaired) electrons. The Kier molecular flexibility index (Phi) is 7.04. The molecule has 1 heteroatoms. The second-order valence-electron chi connectivity index (χ2n) is 7.93. The van der Waals surface area contributed by atoms with E-state index in [1.54, 1.807) is 0 Å². The number of rotatable bonds is 6. The van der Waals surface area contributed by atoms with Gasteiger partial charge in [0.25, 0.3) is 0 Å². The predicted molar refractivity (Wildman–Crippen MR) is 90.8 cm³/mol. The SMILES string of the molecule is CCC(C)C(C)[N+]1(C(C)C(C)C(C)C)CCCCCC1. The van der Waals surface area contributed by atoms with Crippen molar-refractivity contribution in [3.63, 3.8) is 0 Å².